The van der Waals surface area contributed by atoms with Gasteiger partial charge in [0, 0.05) is 42.0 Å². The largest absolute Gasteiger partial charge is 0.459 e. The van der Waals surface area contributed by atoms with Crippen molar-refractivity contribution in [3.8, 4) is 0 Å². The topological polar surface area (TPSA) is 45.5 Å². The van der Waals surface area contributed by atoms with Crippen molar-refractivity contribution in [3.63, 3.8) is 0 Å². The molecule has 1 aromatic heterocycles. The first-order chi connectivity index (χ1) is 12.7. The fourth-order valence-electron chi connectivity index (χ4n) is 2.56. The normalized spacial score (nSPS) is 10.5. The van der Waals surface area contributed by atoms with Crippen LogP contribution in [0.2, 0.25) is 0 Å². The van der Waals surface area contributed by atoms with Crippen LogP contribution in [0.5, 0.6) is 0 Å². The predicted molar refractivity (Wildman–Crippen MR) is 107 cm³/mol. The molecule has 3 aromatic rings. The van der Waals surface area contributed by atoms with Gasteiger partial charge < -0.3 is 14.6 Å². The minimum Gasteiger partial charge on any atom is -0.459 e. The maximum Gasteiger partial charge on any atom is 0.287 e. The van der Waals surface area contributed by atoms with Crippen LogP contribution in [-0.2, 0) is 5.75 Å². The van der Waals surface area contributed by atoms with Crippen LogP contribution in [0.1, 0.15) is 16.1 Å². The van der Waals surface area contributed by atoms with Gasteiger partial charge in [-0.2, -0.15) is 0 Å². The molecule has 5 heteroatoms. The number of carbonyl (C=O) groups excluding carboxylic acids is 1. The third kappa shape index (κ3) is 4.92. The van der Waals surface area contributed by atoms with Crippen molar-refractivity contribution in [1.82, 2.24) is 5.32 Å². The summed E-state index contributed by atoms with van der Waals surface area (Å²) >= 11 is 1.69. The van der Waals surface area contributed by atoms with E-state index in [0.717, 1.165) is 17.8 Å². The van der Waals surface area contributed by atoms with Crippen LogP contribution >= 0.6 is 11.8 Å². The monoisotopic (exact) mass is 366 g/mol. The molecule has 0 saturated carbocycles. The van der Waals surface area contributed by atoms with E-state index in [-0.39, 0.29) is 5.91 Å². The summed E-state index contributed by atoms with van der Waals surface area (Å²) < 4.78 is 5.42. The summed E-state index contributed by atoms with van der Waals surface area (Å²) in [6.07, 6.45) is 1.58. The lowest BCUT2D eigenvalue weighted by molar-refractivity contribution is 0.0926. The molecular formula is C21H22N2O2S. The Bertz CT molecular complexity index is 818. The molecule has 1 amide bonds. The SMILES string of the molecule is CN(CCNC(=O)c1occc1CSc1ccccc1)c1ccccc1. The van der Waals surface area contributed by atoms with Crippen LogP contribution in [0.4, 0.5) is 5.69 Å². The molecule has 2 aromatic carbocycles. The first-order valence-corrected chi connectivity index (χ1v) is 9.51. The third-order valence-electron chi connectivity index (χ3n) is 4.02. The Hall–Kier alpha value is -2.66. The van der Waals surface area contributed by atoms with Gasteiger partial charge in [0.05, 0.1) is 6.26 Å². The number of para-hydroxylation sites is 1. The number of benzene rings is 2. The van der Waals surface area contributed by atoms with Gasteiger partial charge in [-0.1, -0.05) is 36.4 Å². The van der Waals surface area contributed by atoms with E-state index in [2.05, 4.69) is 22.3 Å². The molecule has 3 rings (SSSR count). The van der Waals surface area contributed by atoms with Crippen LogP contribution in [0.15, 0.2) is 82.3 Å². The Morgan fingerprint density at radius 2 is 1.73 bits per heavy atom. The van der Waals surface area contributed by atoms with Gasteiger partial charge in [-0.25, -0.2) is 0 Å². The number of hydrogen-bond donors (Lipinski definition) is 1. The second kappa shape index (κ2) is 9.15. The zero-order valence-electron chi connectivity index (χ0n) is 14.7. The number of carbonyl (C=O) groups is 1. The highest BCUT2D eigenvalue weighted by Crippen LogP contribution is 2.24. The van der Waals surface area contributed by atoms with E-state index in [1.165, 1.54) is 4.90 Å². The van der Waals surface area contributed by atoms with E-state index < -0.39 is 0 Å². The molecular weight excluding hydrogens is 344 g/mol. The summed E-state index contributed by atoms with van der Waals surface area (Å²) in [7, 11) is 2.01. The lowest BCUT2D eigenvalue weighted by Gasteiger charge is -2.19. The number of anilines is 1. The number of thioether (sulfide) groups is 1. The molecule has 4 nitrogen and oxygen atoms in total. The number of rotatable bonds is 8. The molecule has 134 valence electrons. The second-order valence-electron chi connectivity index (χ2n) is 5.89. The smallest absolute Gasteiger partial charge is 0.287 e. The van der Waals surface area contributed by atoms with Crippen molar-refractivity contribution < 1.29 is 9.21 Å². The van der Waals surface area contributed by atoms with Gasteiger partial charge in [-0.05, 0) is 30.3 Å². The highest BCUT2D eigenvalue weighted by molar-refractivity contribution is 7.98. The van der Waals surface area contributed by atoms with E-state index in [9.17, 15) is 4.79 Å². The second-order valence-corrected chi connectivity index (χ2v) is 6.94. The first-order valence-electron chi connectivity index (χ1n) is 8.52. The van der Waals surface area contributed by atoms with Crippen LogP contribution in [0, 0.1) is 0 Å². The minimum absolute atomic E-state index is 0.167. The zero-order chi connectivity index (χ0) is 18.2. The molecule has 0 aliphatic carbocycles. The Morgan fingerprint density at radius 1 is 1.04 bits per heavy atom. The van der Waals surface area contributed by atoms with E-state index in [4.69, 9.17) is 4.42 Å². The fraction of sp³-hybridized carbons (Fsp3) is 0.190. The molecule has 0 spiro atoms. The highest BCUT2D eigenvalue weighted by atomic mass is 32.2. The molecule has 0 fully saturated rings. The quantitative estimate of drug-likeness (QED) is 0.599. The molecule has 0 atom stereocenters. The lowest BCUT2D eigenvalue weighted by Crippen LogP contribution is -2.33. The number of nitrogens with zero attached hydrogens (tertiary/aromatic N) is 1. The Balaban J connectivity index is 1.50. The van der Waals surface area contributed by atoms with Crippen molar-refractivity contribution in [2.75, 3.05) is 25.0 Å². The van der Waals surface area contributed by atoms with Gasteiger partial charge in [0.1, 0.15) is 0 Å². The van der Waals surface area contributed by atoms with E-state index in [1.807, 2.05) is 61.6 Å². The molecule has 1 heterocycles. The molecule has 0 bridgehead atoms. The molecule has 0 radical (unpaired) electrons. The number of furan rings is 1. The number of nitrogens with one attached hydrogen (secondary N) is 1. The van der Waals surface area contributed by atoms with Crippen molar-refractivity contribution in [3.05, 3.63) is 84.3 Å². The molecule has 26 heavy (non-hydrogen) atoms. The van der Waals surface area contributed by atoms with Crippen molar-refractivity contribution in [2.45, 2.75) is 10.6 Å². The molecule has 0 saturated heterocycles. The average molecular weight is 366 g/mol. The maximum absolute atomic E-state index is 12.4. The maximum atomic E-state index is 12.4. The minimum atomic E-state index is -0.167. The van der Waals surface area contributed by atoms with Gasteiger partial charge in [0.15, 0.2) is 5.76 Å². The third-order valence-corrected chi connectivity index (χ3v) is 5.08. The number of likely N-dealkylation sites (N-methyl/N-ethyl adjacent to an activating group) is 1. The predicted octanol–water partition coefficient (Wildman–Crippen LogP) is 4.44. The summed E-state index contributed by atoms with van der Waals surface area (Å²) in [5.74, 6) is 0.934. The van der Waals surface area contributed by atoms with Crippen LogP contribution in [0.25, 0.3) is 0 Å². The van der Waals surface area contributed by atoms with E-state index in [1.54, 1.807) is 18.0 Å². The van der Waals surface area contributed by atoms with E-state index >= 15 is 0 Å². The Labute approximate surface area is 158 Å². The summed E-state index contributed by atoms with van der Waals surface area (Å²) in [6, 6.07) is 22.1. The van der Waals surface area contributed by atoms with Crippen molar-refractivity contribution in [1.29, 1.82) is 0 Å². The number of hydrogen-bond acceptors (Lipinski definition) is 4. The average Bonchev–Trinajstić information content (AvgIpc) is 3.16. The van der Waals surface area contributed by atoms with Crippen LogP contribution in [0.3, 0.4) is 0 Å². The summed E-state index contributed by atoms with van der Waals surface area (Å²) in [5, 5.41) is 2.94. The molecule has 1 N–H and O–H groups in total. The first kappa shape index (κ1) is 18.1. The fourth-order valence-corrected chi connectivity index (χ4v) is 3.45. The van der Waals surface area contributed by atoms with Crippen molar-refractivity contribution >= 4 is 23.4 Å². The summed E-state index contributed by atoms with van der Waals surface area (Å²) in [4.78, 5) is 15.7. The van der Waals surface area contributed by atoms with Crippen molar-refractivity contribution in [2.24, 2.45) is 0 Å². The zero-order valence-corrected chi connectivity index (χ0v) is 15.5. The lowest BCUT2D eigenvalue weighted by atomic mass is 10.2. The number of amides is 1. The van der Waals surface area contributed by atoms with Crippen LogP contribution < -0.4 is 10.2 Å². The Kier molecular flexibility index (Phi) is 6.39. The molecule has 0 aliphatic rings. The van der Waals surface area contributed by atoms with Gasteiger partial charge in [-0.15, -0.1) is 11.8 Å². The van der Waals surface area contributed by atoms with Crippen LogP contribution in [-0.4, -0.2) is 26.0 Å². The molecule has 0 aliphatic heterocycles. The van der Waals surface area contributed by atoms with Gasteiger partial charge in [0.2, 0.25) is 0 Å². The van der Waals surface area contributed by atoms with Gasteiger partial charge in [0.25, 0.3) is 5.91 Å². The standard InChI is InChI=1S/C21H22N2O2S/c1-23(18-8-4-2-5-9-18)14-13-22-21(24)20-17(12-15-25-20)16-26-19-10-6-3-7-11-19/h2-12,15H,13-14,16H2,1H3,(H,22,24). The van der Waals surface area contributed by atoms with E-state index in [0.29, 0.717) is 18.1 Å². The Morgan fingerprint density at radius 3 is 2.46 bits per heavy atom. The summed E-state index contributed by atoms with van der Waals surface area (Å²) in [6.45, 7) is 1.28. The van der Waals surface area contributed by atoms with Gasteiger partial charge in [-0.3, -0.25) is 4.79 Å². The highest BCUT2D eigenvalue weighted by Gasteiger charge is 2.15. The summed E-state index contributed by atoms with van der Waals surface area (Å²) in [5.41, 5.74) is 2.03. The molecule has 0 unspecified atom stereocenters. The van der Waals surface area contributed by atoms with Gasteiger partial charge >= 0.3 is 0 Å².